The molecule has 4 heteroatoms. The van der Waals surface area contributed by atoms with E-state index in [4.69, 9.17) is 11.6 Å². The first-order valence-corrected chi connectivity index (χ1v) is 6.67. The predicted octanol–water partition coefficient (Wildman–Crippen LogP) is 3.38. The summed E-state index contributed by atoms with van der Waals surface area (Å²) < 4.78 is 0. The van der Waals surface area contributed by atoms with Crippen LogP contribution in [0, 0.1) is 0 Å². The summed E-state index contributed by atoms with van der Waals surface area (Å²) in [5.74, 6) is 0. The molecule has 1 aromatic rings. The van der Waals surface area contributed by atoms with E-state index < -0.39 is 0 Å². The first kappa shape index (κ1) is 13.2. The van der Waals surface area contributed by atoms with Gasteiger partial charge in [-0.25, -0.2) is 4.79 Å². The van der Waals surface area contributed by atoms with Gasteiger partial charge in [-0.3, -0.25) is 0 Å². The molecule has 98 valence electrons. The Morgan fingerprint density at radius 2 is 2.00 bits per heavy atom. The van der Waals surface area contributed by atoms with Gasteiger partial charge in [0.05, 0.1) is 5.54 Å². The van der Waals surface area contributed by atoms with Gasteiger partial charge in [0.25, 0.3) is 0 Å². The zero-order valence-electron chi connectivity index (χ0n) is 10.9. The molecule has 2 rings (SSSR count). The molecule has 0 unspecified atom stereocenters. The van der Waals surface area contributed by atoms with E-state index in [9.17, 15) is 4.79 Å². The molecule has 1 saturated carbocycles. The summed E-state index contributed by atoms with van der Waals surface area (Å²) in [4.78, 5) is 13.5. The Morgan fingerprint density at radius 3 is 2.56 bits per heavy atom. The number of hydrogen-bond acceptors (Lipinski definition) is 1. The number of carbonyl (C=O) groups excluding carboxylic acids is 1. The van der Waals surface area contributed by atoms with Crippen molar-refractivity contribution in [2.45, 2.75) is 31.2 Å². The van der Waals surface area contributed by atoms with E-state index in [0.717, 1.165) is 36.3 Å². The van der Waals surface area contributed by atoms with Gasteiger partial charge in [0.1, 0.15) is 0 Å². The molecular weight excluding hydrogens is 248 g/mol. The molecule has 2 amide bonds. The summed E-state index contributed by atoms with van der Waals surface area (Å²) in [7, 11) is 3.52. The maximum Gasteiger partial charge on any atom is 0.317 e. The Bertz CT molecular complexity index is 439. The highest BCUT2D eigenvalue weighted by molar-refractivity contribution is 6.30. The first-order chi connectivity index (χ1) is 8.53. The van der Waals surface area contributed by atoms with E-state index in [1.807, 2.05) is 24.3 Å². The zero-order chi connectivity index (χ0) is 13.2. The molecule has 0 radical (unpaired) electrons. The van der Waals surface area contributed by atoms with E-state index in [2.05, 4.69) is 5.32 Å². The highest BCUT2D eigenvalue weighted by Crippen LogP contribution is 2.39. The Kier molecular flexibility index (Phi) is 3.81. The van der Waals surface area contributed by atoms with Crippen molar-refractivity contribution in [2.24, 2.45) is 0 Å². The van der Waals surface area contributed by atoms with Gasteiger partial charge in [-0.05, 0) is 30.5 Å². The van der Waals surface area contributed by atoms with Gasteiger partial charge in [-0.2, -0.15) is 0 Å². The number of rotatable bonds is 2. The Labute approximate surface area is 113 Å². The molecule has 0 heterocycles. The topological polar surface area (TPSA) is 32.3 Å². The van der Waals surface area contributed by atoms with Crippen molar-refractivity contribution in [1.82, 2.24) is 10.2 Å². The summed E-state index contributed by atoms with van der Waals surface area (Å²) in [6.07, 6.45) is 4.24. The third-order valence-corrected chi connectivity index (χ3v) is 3.82. The number of nitrogens with one attached hydrogen (secondary N) is 1. The summed E-state index contributed by atoms with van der Waals surface area (Å²) >= 11 is 6.06. The van der Waals surface area contributed by atoms with Crippen LogP contribution < -0.4 is 5.32 Å². The third-order valence-electron chi connectivity index (χ3n) is 3.59. The molecule has 0 aromatic heterocycles. The molecule has 0 spiro atoms. The molecule has 1 N–H and O–H groups in total. The molecule has 1 fully saturated rings. The Morgan fingerprint density at radius 1 is 1.33 bits per heavy atom. The largest absolute Gasteiger partial charge is 0.331 e. The maximum absolute atomic E-state index is 11.9. The fourth-order valence-electron chi connectivity index (χ4n) is 2.57. The molecule has 1 aliphatic carbocycles. The average Bonchev–Trinajstić information content (AvgIpc) is 2.78. The van der Waals surface area contributed by atoms with Gasteiger partial charge >= 0.3 is 6.03 Å². The van der Waals surface area contributed by atoms with Crippen LogP contribution in [0.4, 0.5) is 4.79 Å². The molecule has 0 aliphatic heterocycles. The second-order valence-corrected chi connectivity index (χ2v) is 5.56. The van der Waals surface area contributed by atoms with Gasteiger partial charge in [-0.1, -0.05) is 36.6 Å². The lowest BCUT2D eigenvalue weighted by atomic mass is 9.88. The minimum atomic E-state index is -0.244. The number of amides is 2. The van der Waals surface area contributed by atoms with Gasteiger partial charge in [0.15, 0.2) is 0 Å². The lowest BCUT2D eigenvalue weighted by molar-refractivity contribution is 0.200. The van der Waals surface area contributed by atoms with Crippen LogP contribution in [0.3, 0.4) is 0 Å². The van der Waals surface area contributed by atoms with E-state index in [1.54, 1.807) is 19.0 Å². The van der Waals surface area contributed by atoms with Crippen LogP contribution in [0.1, 0.15) is 31.2 Å². The van der Waals surface area contributed by atoms with Gasteiger partial charge in [-0.15, -0.1) is 0 Å². The number of hydrogen-bond donors (Lipinski definition) is 1. The maximum atomic E-state index is 11.9. The lowest BCUT2D eigenvalue weighted by Crippen LogP contribution is -2.48. The van der Waals surface area contributed by atoms with Crippen LogP contribution in [0.25, 0.3) is 0 Å². The van der Waals surface area contributed by atoms with Crippen LogP contribution in [0.15, 0.2) is 24.3 Å². The first-order valence-electron chi connectivity index (χ1n) is 6.29. The van der Waals surface area contributed by atoms with Crippen LogP contribution in [-0.4, -0.2) is 25.0 Å². The molecule has 18 heavy (non-hydrogen) atoms. The highest BCUT2D eigenvalue weighted by atomic mass is 35.5. The number of carbonyl (C=O) groups is 1. The smallest absolute Gasteiger partial charge is 0.317 e. The second-order valence-electron chi connectivity index (χ2n) is 5.12. The standard InChI is InChI=1S/C14H19ClN2O/c1-17(2)13(18)16-14(8-3-4-9-14)11-6-5-7-12(15)10-11/h5-7,10H,3-4,8-9H2,1-2H3,(H,16,18). The lowest BCUT2D eigenvalue weighted by Gasteiger charge is -2.32. The summed E-state index contributed by atoms with van der Waals surface area (Å²) in [5, 5.41) is 3.88. The number of benzene rings is 1. The van der Waals surface area contributed by atoms with Gasteiger partial charge in [0, 0.05) is 19.1 Å². The van der Waals surface area contributed by atoms with Crippen molar-refractivity contribution in [3.8, 4) is 0 Å². The van der Waals surface area contributed by atoms with Crippen LogP contribution >= 0.6 is 11.6 Å². The zero-order valence-corrected chi connectivity index (χ0v) is 11.6. The molecule has 1 aliphatic rings. The minimum Gasteiger partial charge on any atom is -0.331 e. The van der Waals surface area contributed by atoms with Crippen molar-refractivity contribution >= 4 is 17.6 Å². The molecular formula is C14H19ClN2O. The number of halogens is 1. The summed E-state index contributed by atoms with van der Waals surface area (Å²) in [5.41, 5.74) is 0.870. The third kappa shape index (κ3) is 2.61. The second kappa shape index (κ2) is 5.19. The van der Waals surface area contributed by atoms with Crippen molar-refractivity contribution in [3.05, 3.63) is 34.9 Å². The van der Waals surface area contributed by atoms with Crippen molar-refractivity contribution in [2.75, 3.05) is 14.1 Å². The van der Waals surface area contributed by atoms with E-state index in [1.165, 1.54) is 0 Å². The molecule has 0 saturated heterocycles. The quantitative estimate of drug-likeness (QED) is 0.874. The van der Waals surface area contributed by atoms with Gasteiger partial charge in [0.2, 0.25) is 0 Å². The fraction of sp³-hybridized carbons (Fsp3) is 0.500. The van der Waals surface area contributed by atoms with Crippen molar-refractivity contribution < 1.29 is 4.79 Å². The normalized spacial score (nSPS) is 17.5. The Hall–Kier alpha value is -1.22. The Balaban J connectivity index is 2.29. The average molecular weight is 267 g/mol. The van der Waals surface area contributed by atoms with Crippen molar-refractivity contribution in [1.29, 1.82) is 0 Å². The van der Waals surface area contributed by atoms with E-state index >= 15 is 0 Å². The van der Waals surface area contributed by atoms with Crippen LogP contribution in [0.5, 0.6) is 0 Å². The monoisotopic (exact) mass is 266 g/mol. The summed E-state index contributed by atoms with van der Waals surface area (Å²) in [6, 6.07) is 7.77. The van der Waals surface area contributed by atoms with Gasteiger partial charge < -0.3 is 10.2 Å². The number of urea groups is 1. The minimum absolute atomic E-state index is 0.0446. The highest BCUT2D eigenvalue weighted by Gasteiger charge is 2.37. The number of nitrogens with zero attached hydrogens (tertiary/aromatic N) is 1. The predicted molar refractivity (Wildman–Crippen MR) is 73.8 cm³/mol. The molecule has 1 aromatic carbocycles. The fourth-order valence-corrected chi connectivity index (χ4v) is 2.76. The van der Waals surface area contributed by atoms with E-state index in [-0.39, 0.29) is 11.6 Å². The van der Waals surface area contributed by atoms with E-state index in [0.29, 0.717) is 0 Å². The van der Waals surface area contributed by atoms with Crippen LogP contribution in [-0.2, 0) is 5.54 Å². The summed E-state index contributed by atoms with van der Waals surface area (Å²) in [6.45, 7) is 0. The molecule has 3 nitrogen and oxygen atoms in total. The van der Waals surface area contributed by atoms with Crippen molar-refractivity contribution in [3.63, 3.8) is 0 Å². The van der Waals surface area contributed by atoms with Crippen LogP contribution in [0.2, 0.25) is 5.02 Å². The molecule has 0 atom stereocenters. The molecule has 0 bridgehead atoms. The SMILES string of the molecule is CN(C)C(=O)NC1(c2cccc(Cl)c2)CCCC1.